The summed E-state index contributed by atoms with van der Waals surface area (Å²) in [5.74, 6) is -1.37. The minimum Gasteiger partial charge on any atom is -0.478 e. The molecule has 0 aliphatic carbocycles. The molecule has 1 heterocycles. The summed E-state index contributed by atoms with van der Waals surface area (Å²) >= 11 is 0. The molecule has 1 unspecified atom stereocenters. The van der Waals surface area contributed by atoms with Crippen molar-refractivity contribution in [3.63, 3.8) is 0 Å². The maximum atomic E-state index is 11.5. The van der Waals surface area contributed by atoms with Crippen LogP contribution in [0.3, 0.4) is 0 Å². The summed E-state index contributed by atoms with van der Waals surface area (Å²) in [6.45, 7) is 1.21. The van der Waals surface area contributed by atoms with Crippen LogP contribution in [0.4, 0.5) is 0 Å². The van der Waals surface area contributed by atoms with Crippen LogP contribution in [0, 0.1) is 0 Å². The average molecular weight is 213 g/mol. The monoisotopic (exact) mass is 213 g/mol. The zero-order chi connectivity index (χ0) is 11.3. The lowest BCUT2D eigenvalue weighted by atomic mass is 10.1. The van der Waals surface area contributed by atoms with Gasteiger partial charge in [-0.25, -0.2) is 4.79 Å². The Morgan fingerprint density at radius 3 is 2.80 bits per heavy atom. The Morgan fingerprint density at radius 2 is 2.20 bits per heavy atom. The van der Waals surface area contributed by atoms with Crippen LogP contribution in [-0.2, 0) is 14.3 Å². The molecular formula is C10H15NO4. The molecule has 1 aliphatic heterocycles. The number of hydrogen-bond donors (Lipinski definition) is 1. The number of piperidine rings is 1. The number of hydrogen-bond acceptors (Lipinski definition) is 3. The molecule has 0 saturated carbocycles. The molecule has 5 heteroatoms. The van der Waals surface area contributed by atoms with E-state index in [2.05, 4.69) is 0 Å². The van der Waals surface area contributed by atoms with E-state index in [4.69, 9.17) is 9.84 Å². The number of carboxylic acids is 1. The molecule has 1 fully saturated rings. The molecule has 0 aromatic heterocycles. The van der Waals surface area contributed by atoms with Crippen molar-refractivity contribution < 1.29 is 19.4 Å². The van der Waals surface area contributed by atoms with Gasteiger partial charge in [-0.1, -0.05) is 0 Å². The molecule has 1 amide bonds. The van der Waals surface area contributed by atoms with Gasteiger partial charge in [0.25, 0.3) is 0 Å². The summed E-state index contributed by atoms with van der Waals surface area (Å²) in [4.78, 5) is 23.3. The minimum atomic E-state index is -1.11. The first-order valence-corrected chi connectivity index (χ1v) is 4.86. The molecule has 15 heavy (non-hydrogen) atoms. The molecule has 1 rings (SSSR count). The van der Waals surface area contributed by atoms with Gasteiger partial charge >= 0.3 is 5.97 Å². The predicted octanol–water partition coefficient (Wildman–Crippen LogP) is 0.265. The summed E-state index contributed by atoms with van der Waals surface area (Å²) in [6, 6.07) is 0. The van der Waals surface area contributed by atoms with Gasteiger partial charge in [-0.05, 0) is 12.8 Å². The van der Waals surface area contributed by atoms with E-state index in [0.29, 0.717) is 13.1 Å². The van der Waals surface area contributed by atoms with Gasteiger partial charge in [0, 0.05) is 32.4 Å². The second-order valence-electron chi connectivity index (χ2n) is 3.46. The molecule has 0 bridgehead atoms. The van der Waals surface area contributed by atoms with Crippen LogP contribution in [0.2, 0.25) is 0 Å². The normalized spacial score (nSPS) is 21.9. The third kappa shape index (κ3) is 3.71. The summed E-state index contributed by atoms with van der Waals surface area (Å²) in [5.41, 5.74) is 0. The third-order valence-corrected chi connectivity index (χ3v) is 2.39. The number of carbonyl (C=O) groups is 2. The van der Waals surface area contributed by atoms with Crippen LogP contribution in [0.1, 0.15) is 12.8 Å². The average Bonchev–Trinajstić information content (AvgIpc) is 2.26. The molecule has 0 aromatic carbocycles. The van der Waals surface area contributed by atoms with Gasteiger partial charge < -0.3 is 14.7 Å². The molecule has 1 saturated heterocycles. The van der Waals surface area contributed by atoms with Gasteiger partial charge in [-0.3, -0.25) is 4.79 Å². The molecule has 0 spiro atoms. The number of amides is 1. The highest BCUT2D eigenvalue weighted by molar-refractivity contribution is 5.93. The van der Waals surface area contributed by atoms with Crippen LogP contribution in [-0.4, -0.2) is 48.2 Å². The number of carboxylic acid groups (broad SMARTS) is 1. The molecule has 0 aromatic rings. The van der Waals surface area contributed by atoms with Gasteiger partial charge in [0.05, 0.1) is 6.10 Å². The standard InChI is InChI=1S/C10H15NO4/c1-15-8-3-2-6-11(7-8)9(12)4-5-10(13)14/h4-5,8H,2-3,6-7H2,1H3,(H,13,14)/b5-4+. The van der Waals surface area contributed by atoms with E-state index in [0.717, 1.165) is 25.0 Å². The molecular weight excluding hydrogens is 198 g/mol. The lowest BCUT2D eigenvalue weighted by Crippen LogP contribution is -2.42. The maximum Gasteiger partial charge on any atom is 0.328 e. The Kier molecular flexibility index (Phi) is 4.30. The van der Waals surface area contributed by atoms with Crippen LogP contribution in [0.5, 0.6) is 0 Å². The van der Waals surface area contributed by atoms with E-state index in [9.17, 15) is 9.59 Å². The van der Waals surface area contributed by atoms with Crippen molar-refractivity contribution in [2.75, 3.05) is 20.2 Å². The number of nitrogens with zero attached hydrogens (tertiary/aromatic N) is 1. The van der Waals surface area contributed by atoms with E-state index in [1.807, 2.05) is 0 Å². The lowest BCUT2D eigenvalue weighted by Gasteiger charge is -2.31. The molecule has 5 nitrogen and oxygen atoms in total. The lowest BCUT2D eigenvalue weighted by molar-refractivity contribution is -0.133. The van der Waals surface area contributed by atoms with Gasteiger partial charge in [0.15, 0.2) is 0 Å². The largest absolute Gasteiger partial charge is 0.478 e. The molecule has 1 aliphatic rings. The van der Waals surface area contributed by atoms with Gasteiger partial charge in [-0.2, -0.15) is 0 Å². The second kappa shape index (κ2) is 5.50. The summed E-state index contributed by atoms with van der Waals surface area (Å²) in [7, 11) is 1.62. The Balaban J connectivity index is 2.48. The van der Waals surface area contributed by atoms with Gasteiger partial charge in [-0.15, -0.1) is 0 Å². The van der Waals surface area contributed by atoms with Crippen LogP contribution >= 0.6 is 0 Å². The first-order chi connectivity index (χ1) is 7.13. The molecule has 84 valence electrons. The van der Waals surface area contributed by atoms with Crippen molar-refractivity contribution in [1.82, 2.24) is 4.90 Å². The first-order valence-electron chi connectivity index (χ1n) is 4.86. The SMILES string of the molecule is COC1CCCN(C(=O)/C=C/C(=O)O)C1. The fourth-order valence-corrected chi connectivity index (χ4v) is 1.58. The Labute approximate surface area is 88.3 Å². The summed E-state index contributed by atoms with van der Waals surface area (Å²) in [6.07, 6.45) is 3.86. The number of rotatable bonds is 3. The van der Waals surface area contributed by atoms with Crippen LogP contribution in [0.15, 0.2) is 12.2 Å². The van der Waals surface area contributed by atoms with E-state index < -0.39 is 5.97 Å². The van der Waals surface area contributed by atoms with E-state index in [-0.39, 0.29) is 12.0 Å². The van der Waals surface area contributed by atoms with Crippen molar-refractivity contribution >= 4 is 11.9 Å². The van der Waals surface area contributed by atoms with Crippen molar-refractivity contribution in [2.45, 2.75) is 18.9 Å². The van der Waals surface area contributed by atoms with E-state index >= 15 is 0 Å². The van der Waals surface area contributed by atoms with Crippen LogP contribution in [0.25, 0.3) is 0 Å². The Bertz CT molecular complexity index is 275. The Hall–Kier alpha value is -1.36. The zero-order valence-electron chi connectivity index (χ0n) is 8.68. The van der Waals surface area contributed by atoms with Gasteiger partial charge in [0.2, 0.25) is 5.91 Å². The fourth-order valence-electron chi connectivity index (χ4n) is 1.58. The summed E-state index contributed by atoms with van der Waals surface area (Å²) in [5, 5.41) is 8.38. The number of methoxy groups -OCH3 is 1. The number of carbonyl (C=O) groups excluding carboxylic acids is 1. The fraction of sp³-hybridized carbons (Fsp3) is 0.600. The first kappa shape index (κ1) is 11.7. The summed E-state index contributed by atoms with van der Waals surface area (Å²) < 4.78 is 5.16. The van der Waals surface area contributed by atoms with E-state index in [1.54, 1.807) is 12.0 Å². The highest BCUT2D eigenvalue weighted by atomic mass is 16.5. The molecule has 0 radical (unpaired) electrons. The van der Waals surface area contributed by atoms with E-state index in [1.165, 1.54) is 0 Å². The van der Waals surface area contributed by atoms with Crippen molar-refractivity contribution in [3.8, 4) is 0 Å². The number of ether oxygens (including phenoxy) is 1. The number of likely N-dealkylation sites (tertiary alicyclic amines) is 1. The second-order valence-corrected chi connectivity index (χ2v) is 3.46. The molecule has 1 atom stereocenters. The predicted molar refractivity (Wildman–Crippen MR) is 53.4 cm³/mol. The topological polar surface area (TPSA) is 66.8 Å². The minimum absolute atomic E-state index is 0.0703. The third-order valence-electron chi connectivity index (χ3n) is 2.39. The van der Waals surface area contributed by atoms with Crippen molar-refractivity contribution in [2.24, 2.45) is 0 Å². The van der Waals surface area contributed by atoms with Gasteiger partial charge in [0.1, 0.15) is 0 Å². The zero-order valence-corrected chi connectivity index (χ0v) is 8.68. The molecule has 1 N–H and O–H groups in total. The highest BCUT2D eigenvalue weighted by Gasteiger charge is 2.21. The quantitative estimate of drug-likeness (QED) is 0.683. The highest BCUT2D eigenvalue weighted by Crippen LogP contribution is 2.12. The van der Waals surface area contributed by atoms with Crippen LogP contribution < -0.4 is 0 Å². The smallest absolute Gasteiger partial charge is 0.328 e. The Morgan fingerprint density at radius 1 is 1.47 bits per heavy atom. The van der Waals surface area contributed by atoms with Crippen molar-refractivity contribution in [3.05, 3.63) is 12.2 Å². The number of aliphatic carboxylic acids is 1. The van der Waals surface area contributed by atoms with Crippen molar-refractivity contribution in [1.29, 1.82) is 0 Å². The maximum absolute atomic E-state index is 11.5.